The molecule has 0 radical (unpaired) electrons. The molecule has 12 heteroatoms. The molecule has 0 atom stereocenters. The molecular formula is C24H32ClN3O6S2. The van der Waals surface area contributed by atoms with Gasteiger partial charge in [-0.3, -0.25) is 9.69 Å². The summed E-state index contributed by atoms with van der Waals surface area (Å²) in [7, 11) is 0.991. The number of para-hydroxylation sites is 1. The van der Waals surface area contributed by atoms with Crippen LogP contribution in [0.25, 0.3) is 10.2 Å². The Bertz CT molecular complexity index is 1280. The van der Waals surface area contributed by atoms with E-state index in [9.17, 15) is 13.2 Å². The summed E-state index contributed by atoms with van der Waals surface area (Å²) in [5, 5.41) is 0.419. The molecule has 0 saturated heterocycles. The number of thiazole rings is 1. The van der Waals surface area contributed by atoms with Gasteiger partial charge >= 0.3 is 0 Å². The van der Waals surface area contributed by atoms with Crippen molar-refractivity contribution in [2.45, 2.75) is 18.7 Å². The summed E-state index contributed by atoms with van der Waals surface area (Å²) in [6.07, 6.45) is 1.15. The van der Waals surface area contributed by atoms with Crippen LogP contribution in [0.2, 0.25) is 0 Å². The van der Waals surface area contributed by atoms with Crippen LogP contribution in [-0.4, -0.2) is 78.0 Å². The first kappa shape index (κ1) is 29.6. The monoisotopic (exact) mass is 557 g/mol. The summed E-state index contributed by atoms with van der Waals surface area (Å²) in [6, 6.07) is 8.22. The van der Waals surface area contributed by atoms with E-state index in [0.717, 1.165) is 19.3 Å². The average molecular weight is 558 g/mol. The molecule has 2 aromatic carbocycles. The number of fused-ring (bicyclic) bond motifs is 1. The smallest absolute Gasteiger partial charge is 0.260 e. The van der Waals surface area contributed by atoms with Crippen molar-refractivity contribution >= 4 is 54.8 Å². The number of carbonyl (C=O) groups excluding carboxylic acids is 1. The van der Waals surface area contributed by atoms with Gasteiger partial charge in [-0.25, -0.2) is 13.4 Å². The van der Waals surface area contributed by atoms with Gasteiger partial charge in [-0.1, -0.05) is 31.3 Å². The number of sulfone groups is 1. The third-order valence-electron chi connectivity index (χ3n) is 5.69. The Morgan fingerprint density at radius 1 is 1.00 bits per heavy atom. The third-order valence-corrected chi connectivity index (χ3v) is 7.86. The topological polar surface area (TPSA) is 98.3 Å². The Labute approximate surface area is 222 Å². The number of carbonyl (C=O) groups is 1. The molecule has 0 N–H and O–H groups in total. The van der Waals surface area contributed by atoms with E-state index in [-0.39, 0.29) is 23.2 Å². The molecule has 1 heterocycles. The van der Waals surface area contributed by atoms with Crippen molar-refractivity contribution in [1.82, 2.24) is 9.88 Å². The molecule has 0 aliphatic rings. The molecule has 0 saturated carbocycles. The van der Waals surface area contributed by atoms with Gasteiger partial charge in [0.2, 0.25) is 5.75 Å². The first-order chi connectivity index (χ1) is 16.7. The quantitative estimate of drug-likeness (QED) is 0.347. The van der Waals surface area contributed by atoms with Crippen LogP contribution in [0.15, 0.2) is 35.2 Å². The van der Waals surface area contributed by atoms with Crippen molar-refractivity contribution in [2.24, 2.45) is 0 Å². The molecule has 0 aliphatic carbocycles. The van der Waals surface area contributed by atoms with E-state index in [2.05, 4.69) is 23.7 Å². The number of likely N-dealkylation sites (N-methyl/N-ethyl adjacent to an activating group) is 1. The van der Waals surface area contributed by atoms with Crippen LogP contribution in [0.3, 0.4) is 0 Å². The number of halogens is 1. The molecule has 1 aromatic heterocycles. The number of nitrogens with zero attached hydrogens (tertiary/aromatic N) is 3. The first-order valence-electron chi connectivity index (χ1n) is 11.1. The molecule has 0 spiro atoms. The summed E-state index contributed by atoms with van der Waals surface area (Å²) in [6.45, 7) is 6.78. The molecular weight excluding hydrogens is 526 g/mol. The third kappa shape index (κ3) is 6.20. The summed E-state index contributed by atoms with van der Waals surface area (Å²) < 4.78 is 41.5. The molecule has 0 fully saturated rings. The molecule has 36 heavy (non-hydrogen) atoms. The van der Waals surface area contributed by atoms with Crippen molar-refractivity contribution in [3.63, 3.8) is 0 Å². The van der Waals surface area contributed by atoms with E-state index in [0.29, 0.717) is 51.2 Å². The van der Waals surface area contributed by atoms with Gasteiger partial charge in [0.25, 0.3) is 5.91 Å². The fraction of sp³-hybridized carbons (Fsp3) is 0.417. The number of hydrogen-bond acceptors (Lipinski definition) is 9. The second kappa shape index (κ2) is 12.6. The van der Waals surface area contributed by atoms with Crippen LogP contribution in [0.4, 0.5) is 5.13 Å². The zero-order valence-corrected chi connectivity index (χ0v) is 23.7. The number of amides is 1. The Morgan fingerprint density at radius 3 is 2.11 bits per heavy atom. The zero-order chi connectivity index (χ0) is 25.8. The van der Waals surface area contributed by atoms with E-state index < -0.39 is 9.84 Å². The van der Waals surface area contributed by atoms with E-state index >= 15 is 0 Å². The fourth-order valence-corrected chi connectivity index (χ4v) is 5.67. The van der Waals surface area contributed by atoms with Gasteiger partial charge in [-0.05, 0) is 37.4 Å². The number of ether oxygens (including phenoxy) is 3. The number of rotatable bonds is 11. The minimum absolute atomic E-state index is 0. The number of anilines is 1. The lowest BCUT2D eigenvalue weighted by atomic mass is 10.1. The lowest BCUT2D eigenvalue weighted by molar-refractivity contribution is 0.0983. The predicted molar refractivity (Wildman–Crippen MR) is 146 cm³/mol. The molecule has 9 nitrogen and oxygen atoms in total. The van der Waals surface area contributed by atoms with Gasteiger partial charge in [0.05, 0.1) is 30.9 Å². The highest BCUT2D eigenvalue weighted by Crippen LogP contribution is 2.39. The van der Waals surface area contributed by atoms with Crippen molar-refractivity contribution in [1.29, 1.82) is 0 Å². The Balaban J connectivity index is 0.00000456. The minimum atomic E-state index is -3.49. The van der Waals surface area contributed by atoms with Crippen LogP contribution in [-0.2, 0) is 9.84 Å². The molecule has 198 valence electrons. The molecule has 0 unspecified atom stereocenters. The summed E-state index contributed by atoms with van der Waals surface area (Å²) in [5.74, 6) is 0.806. The maximum Gasteiger partial charge on any atom is 0.260 e. The van der Waals surface area contributed by atoms with E-state index in [1.165, 1.54) is 38.7 Å². The van der Waals surface area contributed by atoms with Crippen LogP contribution in [0.1, 0.15) is 24.2 Å². The van der Waals surface area contributed by atoms with Crippen molar-refractivity contribution < 1.29 is 27.4 Å². The second-order valence-corrected chi connectivity index (χ2v) is 10.8. The number of methoxy groups -OCH3 is 3. The number of aromatic nitrogens is 1. The Hall–Kier alpha value is -2.60. The molecule has 1 amide bonds. The lowest BCUT2D eigenvalue weighted by Gasteiger charge is -2.25. The van der Waals surface area contributed by atoms with Crippen molar-refractivity contribution in [3.8, 4) is 17.2 Å². The van der Waals surface area contributed by atoms with Crippen LogP contribution >= 0.6 is 23.7 Å². The summed E-state index contributed by atoms with van der Waals surface area (Å²) in [5.41, 5.74) is 0.696. The summed E-state index contributed by atoms with van der Waals surface area (Å²) in [4.78, 5) is 22.4. The van der Waals surface area contributed by atoms with E-state index in [1.807, 2.05) is 0 Å². The Kier molecular flexibility index (Phi) is 10.4. The summed E-state index contributed by atoms with van der Waals surface area (Å²) >= 11 is 1.28. The number of hydrogen-bond donors (Lipinski definition) is 0. The van der Waals surface area contributed by atoms with E-state index in [1.54, 1.807) is 29.2 Å². The van der Waals surface area contributed by atoms with Crippen LogP contribution in [0, 0.1) is 0 Å². The maximum atomic E-state index is 13.8. The Morgan fingerprint density at radius 2 is 1.61 bits per heavy atom. The van der Waals surface area contributed by atoms with Gasteiger partial charge in [0.1, 0.15) is 5.52 Å². The van der Waals surface area contributed by atoms with Gasteiger partial charge in [-0.15, -0.1) is 12.4 Å². The number of benzene rings is 2. The minimum Gasteiger partial charge on any atom is -0.493 e. The van der Waals surface area contributed by atoms with Gasteiger partial charge in [0.15, 0.2) is 26.5 Å². The zero-order valence-electron chi connectivity index (χ0n) is 21.2. The van der Waals surface area contributed by atoms with E-state index in [4.69, 9.17) is 14.2 Å². The molecule has 3 aromatic rings. The van der Waals surface area contributed by atoms with Crippen molar-refractivity contribution in [3.05, 3.63) is 35.9 Å². The van der Waals surface area contributed by atoms with Crippen LogP contribution in [0.5, 0.6) is 17.2 Å². The highest BCUT2D eigenvalue weighted by atomic mass is 35.5. The standard InChI is InChI=1S/C24H31N3O6S2.ClH/c1-7-26(8-2)12-13-27(23(28)16-14-17(31-3)22(33-5)18(15-16)32-4)24-25-21-19(34-24)10-9-11-20(21)35(6,29)30;/h9-11,14-15H,7-8,12-13H2,1-6H3;1H. The highest BCUT2D eigenvalue weighted by molar-refractivity contribution is 7.91. The normalized spacial score (nSPS) is 11.3. The largest absolute Gasteiger partial charge is 0.493 e. The van der Waals surface area contributed by atoms with Crippen molar-refractivity contribution in [2.75, 3.05) is 58.7 Å². The van der Waals surface area contributed by atoms with Gasteiger partial charge < -0.3 is 19.1 Å². The highest BCUT2D eigenvalue weighted by Gasteiger charge is 2.26. The molecule has 0 aliphatic heterocycles. The average Bonchev–Trinajstić information content (AvgIpc) is 3.28. The SMILES string of the molecule is CCN(CC)CCN(C(=O)c1cc(OC)c(OC)c(OC)c1)c1nc2c(S(C)(=O)=O)cccc2s1.Cl. The lowest BCUT2D eigenvalue weighted by Crippen LogP contribution is -2.38. The second-order valence-electron chi connectivity index (χ2n) is 7.77. The molecule has 0 bridgehead atoms. The van der Waals surface area contributed by atoms with Gasteiger partial charge in [-0.2, -0.15) is 0 Å². The molecule has 3 rings (SSSR count). The maximum absolute atomic E-state index is 13.8. The first-order valence-corrected chi connectivity index (χ1v) is 13.8. The fourth-order valence-electron chi connectivity index (χ4n) is 3.75. The van der Waals surface area contributed by atoms with Crippen LogP contribution < -0.4 is 19.1 Å². The van der Waals surface area contributed by atoms with Gasteiger partial charge in [0, 0.05) is 24.9 Å². The predicted octanol–water partition coefficient (Wildman–Crippen LogP) is 4.14.